The van der Waals surface area contributed by atoms with E-state index in [1.54, 1.807) is 48.7 Å². The lowest BCUT2D eigenvalue weighted by Gasteiger charge is -2.13. The molecule has 1 unspecified atom stereocenters. The van der Waals surface area contributed by atoms with Gasteiger partial charge < -0.3 is 26.0 Å². The number of primary amides is 2. The Morgan fingerprint density at radius 1 is 1.11 bits per heavy atom. The number of pyridine rings is 1. The van der Waals surface area contributed by atoms with Gasteiger partial charge in [0.05, 0.1) is 31.4 Å². The molecular weight excluding hydrogens is 456 g/mol. The number of amides is 3. The summed E-state index contributed by atoms with van der Waals surface area (Å²) in [7, 11) is 1.43. The Hall–Kier alpha value is -4.22. The van der Waals surface area contributed by atoms with Gasteiger partial charge in [-0.1, -0.05) is 12.1 Å². The molecule has 0 spiro atoms. The number of methoxy groups -OCH3 is 1. The first-order chi connectivity index (χ1) is 16.8. The lowest BCUT2D eigenvalue weighted by atomic mass is 9.97. The molecule has 0 aliphatic heterocycles. The van der Waals surface area contributed by atoms with E-state index in [-0.39, 0.29) is 36.9 Å². The molecule has 35 heavy (non-hydrogen) atoms. The number of aromatic nitrogens is 1. The summed E-state index contributed by atoms with van der Waals surface area (Å²) in [6, 6.07) is 11.7. The second-order valence-corrected chi connectivity index (χ2v) is 8.01. The van der Waals surface area contributed by atoms with Crippen molar-refractivity contribution in [2.75, 3.05) is 20.3 Å². The minimum absolute atomic E-state index is 0.0611. The fourth-order valence-corrected chi connectivity index (χ4v) is 4.03. The Bertz CT molecular complexity index is 1280. The van der Waals surface area contributed by atoms with Crippen LogP contribution >= 0.6 is 0 Å². The second kappa shape index (κ2) is 9.57. The number of ether oxygens (including phenoxy) is 2. The number of nitrogens with two attached hydrogens (primary N) is 2. The molecule has 1 saturated carbocycles. The summed E-state index contributed by atoms with van der Waals surface area (Å²) >= 11 is 0. The van der Waals surface area contributed by atoms with Gasteiger partial charge in [-0.25, -0.2) is 5.48 Å². The highest BCUT2D eigenvalue weighted by atomic mass is 16.7. The van der Waals surface area contributed by atoms with Gasteiger partial charge in [0.1, 0.15) is 22.7 Å². The van der Waals surface area contributed by atoms with E-state index in [0.29, 0.717) is 22.4 Å². The van der Waals surface area contributed by atoms with Crippen molar-refractivity contribution in [2.45, 2.75) is 12.3 Å². The normalized spacial score (nSPS) is 15.9. The van der Waals surface area contributed by atoms with Crippen LogP contribution in [0.3, 0.4) is 0 Å². The van der Waals surface area contributed by atoms with E-state index >= 15 is 0 Å². The largest absolute Gasteiger partial charge is 0.496 e. The average Bonchev–Trinajstić information content (AvgIpc) is 3.62. The standard InChI is InChI=1S/C24H24N4O7/c1-33-20-11-18-15(10-16(20)21(30)28-34-9-8-29)19(6-7-27-18)35-14-4-2-13(3-5-14)17-12-24(17,22(25)31)23(26)32/h2-7,10-11,17,29H,8-9,12H2,1H3,(H2,25,31)(H2,26,32)(H,28,30). The van der Waals surface area contributed by atoms with Crippen LogP contribution in [0.25, 0.3) is 10.9 Å². The van der Waals surface area contributed by atoms with E-state index in [0.717, 1.165) is 5.56 Å². The number of nitrogens with one attached hydrogen (secondary N) is 1. The maximum Gasteiger partial charge on any atom is 0.278 e. The number of nitrogens with zero attached hydrogens (tertiary/aromatic N) is 1. The molecule has 1 heterocycles. The molecule has 1 aromatic heterocycles. The molecule has 3 amide bonds. The van der Waals surface area contributed by atoms with Crippen molar-refractivity contribution in [3.8, 4) is 17.2 Å². The molecule has 182 valence electrons. The molecule has 1 atom stereocenters. The van der Waals surface area contributed by atoms with E-state index in [2.05, 4.69) is 10.5 Å². The number of hydrogen-bond acceptors (Lipinski definition) is 8. The molecular formula is C24H24N4O7. The van der Waals surface area contributed by atoms with E-state index in [4.69, 9.17) is 30.9 Å². The quantitative estimate of drug-likeness (QED) is 0.190. The van der Waals surface area contributed by atoms with Gasteiger partial charge in [-0.15, -0.1) is 0 Å². The summed E-state index contributed by atoms with van der Waals surface area (Å²) in [5, 5.41) is 9.38. The Balaban J connectivity index is 1.60. The third-order valence-electron chi connectivity index (χ3n) is 5.98. The zero-order valence-corrected chi connectivity index (χ0v) is 18.8. The summed E-state index contributed by atoms with van der Waals surface area (Å²) in [6.07, 6.45) is 1.84. The van der Waals surface area contributed by atoms with Crippen molar-refractivity contribution in [1.29, 1.82) is 0 Å². The predicted octanol–water partition coefficient (Wildman–Crippen LogP) is 1.13. The zero-order valence-electron chi connectivity index (χ0n) is 18.8. The Labute approximate surface area is 199 Å². The van der Waals surface area contributed by atoms with Crippen LogP contribution < -0.4 is 26.4 Å². The number of carbonyl (C=O) groups excluding carboxylic acids is 3. The minimum atomic E-state index is -1.35. The van der Waals surface area contributed by atoms with Crippen LogP contribution in [-0.4, -0.2) is 48.1 Å². The molecule has 0 radical (unpaired) electrons. The Kier molecular flexibility index (Phi) is 6.54. The van der Waals surface area contributed by atoms with Crippen molar-refractivity contribution < 1.29 is 33.8 Å². The van der Waals surface area contributed by atoms with Gasteiger partial charge in [-0.3, -0.25) is 24.2 Å². The summed E-state index contributed by atoms with van der Waals surface area (Å²) in [5.74, 6) is -1.17. The molecule has 11 heteroatoms. The van der Waals surface area contributed by atoms with Crippen LogP contribution in [0.1, 0.15) is 28.3 Å². The number of rotatable bonds is 10. The van der Waals surface area contributed by atoms with Crippen molar-refractivity contribution in [1.82, 2.24) is 10.5 Å². The van der Waals surface area contributed by atoms with Crippen molar-refractivity contribution in [3.05, 3.63) is 59.8 Å². The van der Waals surface area contributed by atoms with Crippen LogP contribution in [-0.2, 0) is 14.4 Å². The molecule has 1 aliphatic rings. The van der Waals surface area contributed by atoms with Crippen LogP contribution in [0.5, 0.6) is 17.2 Å². The van der Waals surface area contributed by atoms with Gasteiger partial charge in [0.15, 0.2) is 0 Å². The molecule has 0 saturated heterocycles. The first-order valence-electron chi connectivity index (χ1n) is 10.7. The van der Waals surface area contributed by atoms with Crippen molar-refractivity contribution in [3.63, 3.8) is 0 Å². The summed E-state index contributed by atoms with van der Waals surface area (Å²) in [5.41, 5.74) is 13.2. The van der Waals surface area contributed by atoms with Gasteiger partial charge in [0.2, 0.25) is 11.8 Å². The van der Waals surface area contributed by atoms with Gasteiger partial charge in [0, 0.05) is 23.6 Å². The maximum atomic E-state index is 12.5. The molecule has 4 rings (SSSR count). The maximum absolute atomic E-state index is 12.5. The fraction of sp³-hybridized carbons (Fsp3) is 0.250. The number of hydroxylamine groups is 1. The van der Waals surface area contributed by atoms with E-state index in [9.17, 15) is 14.4 Å². The SMILES string of the molecule is COc1cc2nccc(Oc3ccc(C4CC4(C(N)=O)C(N)=O)cc3)c2cc1C(=O)NOCCO. The summed E-state index contributed by atoms with van der Waals surface area (Å²) in [4.78, 5) is 45.3. The zero-order chi connectivity index (χ0) is 25.2. The Morgan fingerprint density at radius 3 is 2.43 bits per heavy atom. The smallest absolute Gasteiger partial charge is 0.278 e. The van der Waals surface area contributed by atoms with Crippen LogP contribution in [0.4, 0.5) is 0 Å². The van der Waals surface area contributed by atoms with E-state index < -0.39 is 23.1 Å². The molecule has 0 bridgehead atoms. The second-order valence-electron chi connectivity index (χ2n) is 8.01. The first-order valence-corrected chi connectivity index (χ1v) is 10.7. The minimum Gasteiger partial charge on any atom is -0.496 e. The molecule has 2 aromatic carbocycles. The number of hydrogen-bond donors (Lipinski definition) is 4. The highest BCUT2D eigenvalue weighted by Crippen LogP contribution is 2.59. The summed E-state index contributed by atoms with van der Waals surface area (Å²) in [6.45, 7) is -0.309. The number of benzene rings is 2. The van der Waals surface area contributed by atoms with Crippen LogP contribution in [0, 0.1) is 5.41 Å². The predicted molar refractivity (Wildman–Crippen MR) is 123 cm³/mol. The third-order valence-corrected chi connectivity index (χ3v) is 5.98. The molecule has 6 N–H and O–H groups in total. The lowest BCUT2D eigenvalue weighted by molar-refractivity contribution is -0.133. The number of fused-ring (bicyclic) bond motifs is 1. The van der Waals surface area contributed by atoms with E-state index in [1.165, 1.54) is 7.11 Å². The van der Waals surface area contributed by atoms with Gasteiger partial charge in [0.25, 0.3) is 5.91 Å². The van der Waals surface area contributed by atoms with Crippen LogP contribution in [0.15, 0.2) is 48.7 Å². The average molecular weight is 480 g/mol. The molecule has 1 fully saturated rings. The number of aliphatic hydroxyl groups excluding tert-OH is 1. The van der Waals surface area contributed by atoms with Gasteiger partial charge in [-0.05, 0) is 36.2 Å². The highest BCUT2D eigenvalue weighted by molar-refractivity contribution is 6.08. The first kappa shape index (κ1) is 23.9. The molecule has 3 aromatic rings. The lowest BCUT2D eigenvalue weighted by Crippen LogP contribution is -2.38. The fourth-order valence-electron chi connectivity index (χ4n) is 4.03. The van der Waals surface area contributed by atoms with Gasteiger partial charge >= 0.3 is 0 Å². The Morgan fingerprint density at radius 2 is 1.83 bits per heavy atom. The summed E-state index contributed by atoms with van der Waals surface area (Å²) < 4.78 is 11.4. The molecule has 11 nitrogen and oxygen atoms in total. The van der Waals surface area contributed by atoms with Gasteiger partial charge in [-0.2, -0.15) is 0 Å². The molecule has 1 aliphatic carbocycles. The monoisotopic (exact) mass is 480 g/mol. The number of carbonyl (C=O) groups is 3. The van der Waals surface area contributed by atoms with E-state index in [1.807, 2.05) is 0 Å². The van der Waals surface area contributed by atoms with Crippen LogP contribution in [0.2, 0.25) is 0 Å². The third kappa shape index (κ3) is 4.46. The van der Waals surface area contributed by atoms with Crippen molar-refractivity contribution >= 4 is 28.6 Å². The number of aliphatic hydroxyl groups is 1. The topological polar surface area (TPSA) is 176 Å². The highest BCUT2D eigenvalue weighted by Gasteiger charge is 2.64. The van der Waals surface area contributed by atoms with Crippen molar-refractivity contribution in [2.24, 2.45) is 16.9 Å².